The first-order valence-electron chi connectivity index (χ1n) is 6.90. The van der Waals surface area contributed by atoms with Crippen molar-refractivity contribution in [2.24, 2.45) is 0 Å². The Balaban J connectivity index is 2.03. The lowest BCUT2D eigenvalue weighted by atomic mass is 10.2. The van der Waals surface area contributed by atoms with Gasteiger partial charge in [-0.05, 0) is 12.5 Å². The van der Waals surface area contributed by atoms with E-state index in [0.717, 1.165) is 12.8 Å². The van der Waals surface area contributed by atoms with Gasteiger partial charge in [-0.2, -0.15) is 20.1 Å². The standard InChI is InChI=1S/C13H20N6O/c1-3-4-5-6-10-20-13-17-11(14-2)16-12(18-13)19-9-7-8-15-19/h7-9H,3-6,10H2,1-2H3,(H,14,16,17,18). The molecule has 0 bridgehead atoms. The van der Waals surface area contributed by atoms with E-state index in [0.29, 0.717) is 24.5 Å². The molecule has 0 aliphatic carbocycles. The van der Waals surface area contributed by atoms with Gasteiger partial charge in [-0.15, -0.1) is 0 Å². The number of hydrogen-bond donors (Lipinski definition) is 1. The Morgan fingerprint density at radius 1 is 1.20 bits per heavy atom. The van der Waals surface area contributed by atoms with Crippen molar-refractivity contribution < 1.29 is 4.74 Å². The van der Waals surface area contributed by atoms with E-state index in [9.17, 15) is 0 Å². The normalized spacial score (nSPS) is 10.5. The number of ether oxygens (including phenoxy) is 1. The zero-order chi connectivity index (χ0) is 14.2. The third-order valence-corrected chi connectivity index (χ3v) is 2.77. The zero-order valence-corrected chi connectivity index (χ0v) is 11.9. The van der Waals surface area contributed by atoms with Gasteiger partial charge in [0.15, 0.2) is 0 Å². The van der Waals surface area contributed by atoms with Crippen molar-refractivity contribution in [3.8, 4) is 12.0 Å². The van der Waals surface area contributed by atoms with E-state index in [1.54, 1.807) is 24.1 Å². The first kappa shape index (κ1) is 14.2. The predicted octanol–water partition coefficient (Wildman–Crippen LogP) is 2.06. The first-order chi connectivity index (χ1) is 9.83. The Morgan fingerprint density at radius 2 is 2.10 bits per heavy atom. The van der Waals surface area contributed by atoms with Gasteiger partial charge in [0.25, 0.3) is 5.95 Å². The van der Waals surface area contributed by atoms with Crippen LogP contribution in [0.2, 0.25) is 0 Å². The van der Waals surface area contributed by atoms with E-state index in [2.05, 4.69) is 32.3 Å². The minimum absolute atomic E-state index is 0.325. The molecule has 2 rings (SSSR count). The van der Waals surface area contributed by atoms with Crippen LogP contribution in [0.1, 0.15) is 32.6 Å². The molecule has 0 aliphatic heterocycles. The van der Waals surface area contributed by atoms with Crippen LogP contribution < -0.4 is 10.1 Å². The van der Waals surface area contributed by atoms with Crippen molar-refractivity contribution in [1.82, 2.24) is 24.7 Å². The summed E-state index contributed by atoms with van der Waals surface area (Å²) >= 11 is 0. The third kappa shape index (κ3) is 3.91. The lowest BCUT2D eigenvalue weighted by Crippen LogP contribution is -2.10. The van der Waals surface area contributed by atoms with Gasteiger partial charge in [-0.3, -0.25) is 0 Å². The third-order valence-electron chi connectivity index (χ3n) is 2.77. The van der Waals surface area contributed by atoms with Crippen molar-refractivity contribution >= 4 is 5.95 Å². The minimum Gasteiger partial charge on any atom is -0.463 e. The maximum Gasteiger partial charge on any atom is 0.323 e. The molecule has 0 aromatic carbocycles. The molecule has 0 fully saturated rings. The molecule has 0 atom stereocenters. The van der Waals surface area contributed by atoms with E-state index < -0.39 is 0 Å². The number of unbranched alkanes of at least 4 members (excludes halogenated alkanes) is 3. The molecule has 2 aromatic rings. The van der Waals surface area contributed by atoms with Crippen LogP contribution in [0.3, 0.4) is 0 Å². The monoisotopic (exact) mass is 276 g/mol. The van der Waals surface area contributed by atoms with Crippen molar-refractivity contribution in [1.29, 1.82) is 0 Å². The highest BCUT2D eigenvalue weighted by Crippen LogP contribution is 2.11. The second-order valence-electron chi connectivity index (χ2n) is 4.35. The Labute approximate surface area is 118 Å². The van der Waals surface area contributed by atoms with Gasteiger partial charge in [0, 0.05) is 19.4 Å². The predicted molar refractivity (Wildman–Crippen MR) is 76.1 cm³/mol. The molecule has 2 heterocycles. The molecule has 0 aliphatic rings. The molecule has 0 saturated carbocycles. The summed E-state index contributed by atoms with van der Waals surface area (Å²) in [6.07, 6.45) is 8.05. The van der Waals surface area contributed by atoms with E-state index in [4.69, 9.17) is 4.74 Å². The number of nitrogens with one attached hydrogen (secondary N) is 1. The molecule has 0 saturated heterocycles. The molecule has 7 heteroatoms. The quantitative estimate of drug-likeness (QED) is 0.744. The molecule has 7 nitrogen and oxygen atoms in total. The van der Waals surface area contributed by atoms with Crippen LogP contribution in [0.4, 0.5) is 5.95 Å². The van der Waals surface area contributed by atoms with E-state index in [-0.39, 0.29) is 0 Å². The molecule has 0 radical (unpaired) electrons. The fraction of sp³-hybridized carbons (Fsp3) is 0.538. The Hall–Kier alpha value is -2.18. The van der Waals surface area contributed by atoms with Gasteiger partial charge in [0.2, 0.25) is 5.95 Å². The maximum atomic E-state index is 5.59. The summed E-state index contributed by atoms with van der Waals surface area (Å²) in [6, 6.07) is 2.14. The minimum atomic E-state index is 0.325. The zero-order valence-electron chi connectivity index (χ0n) is 11.9. The number of anilines is 1. The van der Waals surface area contributed by atoms with Crippen molar-refractivity contribution in [3.63, 3.8) is 0 Å². The number of hydrogen-bond acceptors (Lipinski definition) is 6. The van der Waals surface area contributed by atoms with E-state index in [1.807, 2.05) is 6.07 Å². The van der Waals surface area contributed by atoms with E-state index >= 15 is 0 Å². The lowest BCUT2D eigenvalue weighted by molar-refractivity contribution is 0.281. The molecule has 0 amide bonds. The highest BCUT2D eigenvalue weighted by Gasteiger charge is 2.08. The van der Waals surface area contributed by atoms with Crippen LogP contribution in [0, 0.1) is 0 Å². The van der Waals surface area contributed by atoms with E-state index in [1.165, 1.54) is 12.8 Å². The van der Waals surface area contributed by atoms with Crippen LogP contribution in [0.15, 0.2) is 18.5 Å². The maximum absolute atomic E-state index is 5.59. The van der Waals surface area contributed by atoms with Gasteiger partial charge in [-0.1, -0.05) is 26.2 Å². The van der Waals surface area contributed by atoms with Gasteiger partial charge in [0.1, 0.15) is 0 Å². The second kappa shape index (κ2) is 7.42. The molecule has 20 heavy (non-hydrogen) atoms. The molecular formula is C13H20N6O. The molecule has 1 N–H and O–H groups in total. The average Bonchev–Trinajstić information content (AvgIpc) is 3.01. The summed E-state index contributed by atoms with van der Waals surface area (Å²) in [5.74, 6) is 0.909. The van der Waals surface area contributed by atoms with Crippen LogP contribution in [-0.2, 0) is 0 Å². The highest BCUT2D eigenvalue weighted by molar-refractivity contribution is 5.28. The summed E-state index contributed by atoms with van der Waals surface area (Å²) in [5.41, 5.74) is 0. The lowest BCUT2D eigenvalue weighted by Gasteiger charge is -2.07. The summed E-state index contributed by atoms with van der Waals surface area (Å²) in [7, 11) is 1.76. The molecule has 108 valence electrons. The average molecular weight is 276 g/mol. The molecule has 0 spiro atoms. The SMILES string of the molecule is CCCCCCOc1nc(NC)nc(-n2cccn2)n1. The summed E-state index contributed by atoms with van der Waals surface area (Å²) in [4.78, 5) is 12.7. The van der Waals surface area contributed by atoms with Gasteiger partial charge < -0.3 is 10.1 Å². The van der Waals surface area contributed by atoms with Crippen LogP contribution in [0.25, 0.3) is 5.95 Å². The number of aromatic nitrogens is 5. The summed E-state index contributed by atoms with van der Waals surface area (Å²) in [6.45, 7) is 2.80. The largest absolute Gasteiger partial charge is 0.463 e. The molecule has 2 aromatic heterocycles. The van der Waals surface area contributed by atoms with Crippen LogP contribution >= 0.6 is 0 Å². The number of rotatable bonds is 8. The van der Waals surface area contributed by atoms with Gasteiger partial charge >= 0.3 is 6.01 Å². The van der Waals surface area contributed by atoms with Crippen molar-refractivity contribution in [2.45, 2.75) is 32.6 Å². The van der Waals surface area contributed by atoms with Gasteiger partial charge in [0.05, 0.1) is 6.61 Å². The summed E-state index contributed by atoms with van der Waals surface area (Å²) in [5, 5.41) is 7.00. The first-order valence-corrected chi connectivity index (χ1v) is 6.90. The van der Waals surface area contributed by atoms with Crippen LogP contribution in [0.5, 0.6) is 6.01 Å². The molecular weight excluding hydrogens is 256 g/mol. The fourth-order valence-corrected chi connectivity index (χ4v) is 1.70. The van der Waals surface area contributed by atoms with Crippen LogP contribution in [-0.4, -0.2) is 38.4 Å². The Morgan fingerprint density at radius 3 is 2.80 bits per heavy atom. The fourth-order valence-electron chi connectivity index (χ4n) is 1.70. The topological polar surface area (TPSA) is 77.8 Å². The Kier molecular flexibility index (Phi) is 5.28. The van der Waals surface area contributed by atoms with Gasteiger partial charge in [-0.25, -0.2) is 4.68 Å². The molecule has 0 unspecified atom stereocenters. The van der Waals surface area contributed by atoms with Crippen molar-refractivity contribution in [2.75, 3.05) is 19.0 Å². The summed E-state index contributed by atoms with van der Waals surface area (Å²) < 4.78 is 7.17. The Bertz CT molecular complexity index is 514. The second-order valence-corrected chi connectivity index (χ2v) is 4.35. The highest BCUT2D eigenvalue weighted by atomic mass is 16.5. The smallest absolute Gasteiger partial charge is 0.323 e. The number of nitrogens with zero attached hydrogens (tertiary/aromatic N) is 5. The van der Waals surface area contributed by atoms with Crippen molar-refractivity contribution in [3.05, 3.63) is 18.5 Å².